The maximum Gasteiger partial charge on any atom is 0.223 e. The zero-order valence-corrected chi connectivity index (χ0v) is 17.6. The summed E-state index contributed by atoms with van der Waals surface area (Å²) in [5.74, 6) is 1.16. The van der Waals surface area contributed by atoms with E-state index in [9.17, 15) is 4.79 Å². The van der Waals surface area contributed by atoms with Gasteiger partial charge < -0.3 is 14.5 Å². The van der Waals surface area contributed by atoms with Crippen molar-refractivity contribution < 1.29 is 9.53 Å². The summed E-state index contributed by atoms with van der Waals surface area (Å²) < 4.78 is 5.23. The lowest BCUT2D eigenvalue weighted by Crippen LogP contribution is -2.49. The Morgan fingerprint density at radius 1 is 1.11 bits per heavy atom. The van der Waals surface area contributed by atoms with Crippen molar-refractivity contribution in [3.63, 3.8) is 0 Å². The minimum Gasteiger partial charge on any atom is -0.497 e. The topological polar surface area (TPSA) is 36.0 Å². The van der Waals surface area contributed by atoms with E-state index < -0.39 is 0 Å². The fourth-order valence-corrected chi connectivity index (χ4v) is 5.23. The highest BCUT2D eigenvalue weighted by molar-refractivity contribution is 7.10. The number of hydrogen-bond acceptors (Lipinski definition) is 5. The van der Waals surface area contributed by atoms with E-state index >= 15 is 0 Å². The number of amides is 1. The first-order chi connectivity index (χ1) is 13.7. The van der Waals surface area contributed by atoms with E-state index in [0.29, 0.717) is 12.5 Å². The lowest BCUT2D eigenvalue weighted by molar-refractivity contribution is -0.132. The molecule has 28 heavy (non-hydrogen) atoms. The number of thiophene rings is 1. The van der Waals surface area contributed by atoms with Crippen LogP contribution in [0.1, 0.15) is 29.8 Å². The van der Waals surface area contributed by atoms with E-state index in [0.717, 1.165) is 51.4 Å². The van der Waals surface area contributed by atoms with Gasteiger partial charge in [0.15, 0.2) is 0 Å². The second-order valence-corrected chi connectivity index (χ2v) is 8.58. The average molecular weight is 400 g/mol. The van der Waals surface area contributed by atoms with Gasteiger partial charge in [-0.2, -0.15) is 0 Å². The molecule has 1 aromatic carbocycles. The van der Waals surface area contributed by atoms with E-state index in [1.54, 1.807) is 7.11 Å². The lowest BCUT2D eigenvalue weighted by Gasteiger charge is -2.37. The molecule has 1 amide bonds. The van der Waals surface area contributed by atoms with Gasteiger partial charge in [0.05, 0.1) is 7.11 Å². The number of piperazine rings is 1. The smallest absolute Gasteiger partial charge is 0.223 e. The number of anilines is 1. The van der Waals surface area contributed by atoms with Crippen molar-refractivity contribution >= 4 is 22.9 Å². The Hall–Kier alpha value is -2.05. The van der Waals surface area contributed by atoms with Crippen LogP contribution >= 0.6 is 11.3 Å². The second kappa shape index (κ2) is 8.53. The van der Waals surface area contributed by atoms with Crippen LogP contribution in [0.4, 0.5) is 5.69 Å². The molecule has 6 heteroatoms. The van der Waals surface area contributed by atoms with Crippen molar-refractivity contribution in [3.05, 3.63) is 46.2 Å². The zero-order valence-electron chi connectivity index (χ0n) is 16.8. The Labute approximate surface area is 171 Å². The predicted molar refractivity (Wildman–Crippen MR) is 114 cm³/mol. The van der Waals surface area contributed by atoms with E-state index in [4.69, 9.17) is 4.74 Å². The fourth-order valence-electron chi connectivity index (χ4n) is 4.27. The van der Waals surface area contributed by atoms with Crippen LogP contribution in [0.2, 0.25) is 0 Å². The summed E-state index contributed by atoms with van der Waals surface area (Å²) in [4.78, 5) is 21.1. The first-order valence-electron chi connectivity index (χ1n) is 10.1. The van der Waals surface area contributed by atoms with E-state index in [2.05, 4.69) is 40.3 Å². The minimum absolute atomic E-state index is 0.290. The SMILES string of the molecule is COc1ccc(N2CCN(C(=O)CCN3CCc4sccc4C3C)CC2)cc1. The largest absolute Gasteiger partial charge is 0.497 e. The molecule has 2 aromatic rings. The summed E-state index contributed by atoms with van der Waals surface area (Å²) in [6.45, 7) is 7.56. The normalized spacial score (nSPS) is 20.1. The number of fused-ring (bicyclic) bond motifs is 1. The lowest BCUT2D eigenvalue weighted by atomic mass is 10.0. The summed E-state index contributed by atoms with van der Waals surface area (Å²) in [6.07, 6.45) is 1.73. The molecule has 4 rings (SSSR count). The molecule has 0 spiro atoms. The Morgan fingerprint density at radius 2 is 1.86 bits per heavy atom. The number of nitrogens with zero attached hydrogens (tertiary/aromatic N) is 3. The minimum atomic E-state index is 0.290. The summed E-state index contributed by atoms with van der Waals surface area (Å²) in [7, 11) is 1.68. The molecule has 1 atom stereocenters. The molecule has 1 saturated heterocycles. The highest BCUT2D eigenvalue weighted by atomic mass is 32.1. The van der Waals surface area contributed by atoms with Crippen molar-refractivity contribution in [2.75, 3.05) is 51.3 Å². The third-order valence-electron chi connectivity index (χ3n) is 6.09. The number of methoxy groups -OCH3 is 1. The Kier molecular flexibility index (Phi) is 5.87. The zero-order chi connectivity index (χ0) is 19.5. The van der Waals surface area contributed by atoms with E-state index in [1.807, 2.05) is 28.4 Å². The summed E-state index contributed by atoms with van der Waals surface area (Å²) in [5, 5.41) is 2.19. The summed E-state index contributed by atoms with van der Waals surface area (Å²) >= 11 is 1.87. The first kappa shape index (κ1) is 19.3. The maximum absolute atomic E-state index is 12.7. The van der Waals surface area contributed by atoms with Gasteiger partial charge in [0, 0.05) is 62.3 Å². The van der Waals surface area contributed by atoms with Crippen LogP contribution in [0.25, 0.3) is 0 Å². The molecule has 0 radical (unpaired) electrons. The van der Waals surface area contributed by atoms with E-state index in [1.165, 1.54) is 16.1 Å². The number of hydrogen-bond donors (Lipinski definition) is 0. The van der Waals surface area contributed by atoms with Crippen molar-refractivity contribution in [1.29, 1.82) is 0 Å². The molecule has 2 aliphatic heterocycles. The average Bonchev–Trinajstić information content (AvgIpc) is 3.23. The molecule has 150 valence electrons. The number of carbonyl (C=O) groups excluding carboxylic acids is 1. The van der Waals surface area contributed by atoms with Gasteiger partial charge in [0.2, 0.25) is 5.91 Å². The van der Waals surface area contributed by atoms with Crippen LogP contribution in [-0.4, -0.2) is 62.1 Å². The molecule has 3 heterocycles. The Morgan fingerprint density at radius 3 is 2.57 bits per heavy atom. The van der Waals surface area contributed by atoms with Crippen molar-refractivity contribution in [1.82, 2.24) is 9.80 Å². The Balaban J connectivity index is 1.25. The van der Waals surface area contributed by atoms with E-state index in [-0.39, 0.29) is 5.91 Å². The third kappa shape index (κ3) is 4.03. The molecule has 0 saturated carbocycles. The van der Waals surface area contributed by atoms with Crippen molar-refractivity contribution in [2.24, 2.45) is 0 Å². The molecular weight excluding hydrogens is 370 g/mol. The molecule has 1 unspecified atom stereocenters. The number of carbonyl (C=O) groups is 1. The van der Waals surface area contributed by atoms with Gasteiger partial charge in [0.25, 0.3) is 0 Å². The third-order valence-corrected chi connectivity index (χ3v) is 7.08. The molecule has 0 N–H and O–H groups in total. The molecule has 5 nitrogen and oxygen atoms in total. The van der Waals surface area contributed by atoms with Gasteiger partial charge >= 0.3 is 0 Å². The molecule has 0 aliphatic carbocycles. The van der Waals surface area contributed by atoms with Crippen LogP contribution in [-0.2, 0) is 11.2 Å². The molecule has 1 aromatic heterocycles. The van der Waals surface area contributed by atoms with Crippen molar-refractivity contribution in [2.45, 2.75) is 25.8 Å². The number of ether oxygens (including phenoxy) is 1. The summed E-state index contributed by atoms with van der Waals surface area (Å²) in [5.41, 5.74) is 2.65. The molecular formula is C22H29N3O2S. The number of rotatable bonds is 5. The van der Waals surface area contributed by atoms with Crippen molar-refractivity contribution in [3.8, 4) is 5.75 Å². The molecule has 0 bridgehead atoms. The monoisotopic (exact) mass is 399 g/mol. The molecule has 1 fully saturated rings. The predicted octanol–water partition coefficient (Wildman–Crippen LogP) is 3.41. The summed E-state index contributed by atoms with van der Waals surface area (Å²) in [6, 6.07) is 10.8. The van der Waals surface area contributed by atoms with Gasteiger partial charge in [-0.05, 0) is 54.6 Å². The van der Waals surface area contributed by atoms with Gasteiger partial charge in [-0.15, -0.1) is 11.3 Å². The fraction of sp³-hybridized carbons (Fsp3) is 0.500. The Bertz CT molecular complexity index is 796. The highest BCUT2D eigenvalue weighted by Gasteiger charge is 2.26. The van der Waals surface area contributed by atoms with Crippen LogP contribution < -0.4 is 9.64 Å². The van der Waals surface area contributed by atoms with Gasteiger partial charge in [-0.25, -0.2) is 0 Å². The van der Waals surface area contributed by atoms with Gasteiger partial charge in [-0.3, -0.25) is 9.69 Å². The first-order valence-corrected chi connectivity index (χ1v) is 11.0. The maximum atomic E-state index is 12.7. The van der Waals surface area contributed by atoms with Crippen LogP contribution in [0.5, 0.6) is 5.75 Å². The molecule has 2 aliphatic rings. The van der Waals surface area contributed by atoms with Crippen LogP contribution in [0.3, 0.4) is 0 Å². The highest BCUT2D eigenvalue weighted by Crippen LogP contribution is 2.32. The standard InChI is InChI=1S/C22H29N3O2S/c1-17-20-9-16-28-21(20)7-10-23(17)11-8-22(26)25-14-12-24(13-15-25)18-3-5-19(27-2)6-4-18/h3-6,9,16-17H,7-8,10-15H2,1-2H3. The van der Waals surface area contributed by atoms with Crippen LogP contribution in [0, 0.1) is 0 Å². The van der Waals surface area contributed by atoms with Crippen LogP contribution in [0.15, 0.2) is 35.7 Å². The number of benzene rings is 1. The van der Waals surface area contributed by atoms with Gasteiger partial charge in [0.1, 0.15) is 5.75 Å². The van der Waals surface area contributed by atoms with Gasteiger partial charge in [-0.1, -0.05) is 0 Å². The second-order valence-electron chi connectivity index (χ2n) is 7.58. The quantitative estimate of drug-likeness (QED) is 0.772.